The molecule has 0 aliphatic carbocycles. The van der Waals surface area contributed by atoms with Crippen molar-refractivity contribution in [1.29, 1.82) is 0 Å². The van der Waals surface area contributed by atoms with Crippen molar-refractivity contribution < 1.29 is 14.3 Å². The van der Waals surface area contributed by atoms with E-state index in [1.165, 1.54) is 0 Å². The van der Waals surface area contributed by atoms with Crippen molar-refractivity contribution >= 4 is 23.4 Å². The second-order valence-electron chi connectivity index (χ2n) is 7.55. The Morgan fingerprint density at radius 1 is 0.968 bits per heavy atom. The van der Waals surface area contributed by atoms with Crippen molar-refractivity contribution in [2.75, 3.05) is 45.8 Å². The zero-order valence-corrected chi connectivity index (χ0v) is 19.0. The Labute approximate surface area is 189 Å². The molecule has 0 unspecified atom stereocenters. The summed E-state index contributed by atoms with van der Waals surface area (Å²) in [6.07, 6.45) is 0. The molecule has 0 aromatic heterocycles. The standard InChI is InChI=1S/C24H30ClN3O3/c1-3-27(4-2)23(29)17-26-13-15-28(16-14-26)24(30)21-7-5-6-8-22(21)31-18-19-9-11-20(25)12-10-19/h5-12H,3-4,13-18H2,1-2H3. The van der Waals surface area contributed by atoms with Crippen molar-refractivity contribution in [3.8, 4) is 5.75 Å². The largest absolute Gasteiger partial charge is 0.488 e. The molecular formula is C24H30ClN3O3. The maximum Gasteiger partial charge on any atom is 0.257 e. The summed E-state index contributed by atoms with van der Waals surface area (Å²) in [6.45, 7) is 8.76. The van der Waals surface area contributed by atoms with Crippen LogP contribution in [0.15, 0.2) is 48.5 Å². The summed E-state index contributed by atoms with van der Waals surface area (Å²) in [5.74, 6) is 0.675. The van der Waals surface area contributed by atoms with Gasteiger partial charge >= 0.3 is 0 Å². The van der Waals surface area contributed by atoms with Crippen LogP contribution in [-0.2, 0) is 11.4 Å². The first-order valence-corrected chi connectivity index (χ1v) is 11.1. The zero-order chi connectivity index (χ0) is 22.2. The minimum absolute atomic E-state index is 0.0403. The molecule has 1 saturated heterocycles. The number of benzene rings is 2. The van der Waals surface area contributed by atoms with E-state index in [9.17, 15) is 9.59 Å². The molecule has 7 heteroatoms. The van der Waals surface area contributed by atoms with Gasteiger partial charge in [0.15, 0.2) is 0 Å². The van der Waals surface area contributed by atoms with Gasteiger partial charge in [0.25, 0.3) is 5.91 Å². The third kappa shape index (κ3) is 6.21. The van der Waals surface area contributed by atoms with Crippen molar-refractivity contribution in [2.24, 2.45) is 0 Å². The van der Waals surface area contributed by atoms with Crippen LogP contribution in [0.3, 0.4) is 0 Å². The minimum atomic E-state index is -0.0403. The first-order valence-electron chi connectivity index (χ1n) is 10.8. The first-order chi connectivity index (χ1) is 15.0. The van der Waals surface area contributed by atoms with Gasteiger partial charge in [-0.05, 0) is 43.7 Å². The minimum Gasteiger partial charge on any atom is -0.488 e. The molecule has 166 valence electrons. The molecule has 0 saturated carbocycles. The zero-order valence-electron chi connectivity index (χ0n) is 18.2. The Hall–Kier alpha value is -2.57. The fourth-order valence-corrected chi connectivity index (χ4v) is 3.78. The number of piperazine rings is 1. The molecule has 0 atom stereocenters. The molecule has 0 radical (unpaired) electrons. The van der Waals surface area contributed by atoms with Gasteiger partial charge in [0.1, 0.15) is 12.4 Å². The van der Waals surface area contributed by atoms with Crippen LogP contribution in [0.25, 0.3) is 0 Å². The number of hydrogen-bond acceptors (Lipinski definition) is 4. The van der Waals surface area contributed by atoms with Crippen LogP contribution in [0, 0.1) is 0 Å². The molecule has 2 aromatic rings. The molecule has 0 bridgehead atoms. The van der Waals surface area contributed by atoms with Gasteiger partial charge in [0, 0.05) is 44.3 Å². The summed E-state index contributed by atoms with van der Waals surface area (Å²) in [5, 5.41) is 0.678. The molecule has 2 aromatic carbocycles. The Kier molecular flexibility index (Phi) is 8.32. The van der Waals surface area contributed by atoms with Crippen LogP contribution < -0.4 is 4.74 Å². The number of amides is 2. The van der Waals surface area contributed by atoms with Gasteiger partial charge in [-0.1, -0.05) is 35.9 Å². The molecule has 31 heavy (non-hydrogen) atoms. The molecule has 2 amide bonds. The van der Waals surface area contributed by atoms with E-state index in [0.29, 0.717) is 55.7 Å². The summed E-state index contributed by atoms with van der Waals surface area (Å²) >= 11 is 5.93. The van der Waals surface area contributed by atoms with Crippen LogP contribution in [-0.4, -0.2) is 72.3 Å². The fraction of sp³-hybridized carbons (Fsp3) is 0.417. The smallest absolute Gasteiger partial charge is 0.257 e. The lowest BCUT2D eigenvalue weighted by atomic mass is 10.1. The van der Waals surface area contributed by atoms with E-state index >= 15 is 0 Å². The van der Waals surface area contributed by atoms with Crippen molar-refractivity contribution in [3.63, 3.8) is 0 Å². The average Bonchev–Trinajstić information content (AvgIpc) is 2.80. The predicted octanol–water partition coefficient (Wildman–Crippen LogP) is 3.55. The SMILES string of the molecule is CCN(CC)C(=O)CN1CCN(C(=O)c2ccccc2OCc2ccc(Cl)cc2)CC1. The quantitative estimate of drug-likeness (QED) is 0.626. The molecule has 1 fully saturated rings. The van der Waals surface area contributed by atoms with Gasteiger partial charge in [0.05, 0.1) is 12.1 Å². The number of halogens is 1. The predicted molar refractivity (Wildman–Crippen MR) is 122 cm³/mol. The van der Waals surface area contributed by atoms with Gasteiger partial charge < -0.3 is 14.5 Å². The summed E-state index contributed by atoms with van der Waals surface area (Å²) in [5.41, 5.74) is 1.54. The highest BCUT2D eigenvalue weighted by Gasteiger charge is 2.25. The lowest BCUT2D eigenvalue weighted by Crippen LogP contribution is -2.51. The molecule has 1 aliphatic heterocycles. The molecule has 3 rings (SSSR count). The molecular weight excluding hydrogens is 414 g/mol. The highest BCUT2D eigenvalue weighted by atomic mass is 35.5. The van der Waals surface area contributed by atoms with Crippen molar-refractivity contribution in [1.82, 2.24) is 14.7 Å². The van der Waals surface area contributed by atoms with E-state index in [4.69, 9.17) is 16.3 Å². The second-order valence-corrected chi connectivity index (χ2v) is 7.98. The maximum absolute atomic E-state index is 13.1. The van der Waals surface area contributed by atoms with Gasteiger partial charge in [-0.3, -0.25) is 14.5 Å². The van der Waals surface area contributed by atoms with Crippen molar-refractivity contribution in [3.05, 3.63) is 64.7 Å². The lowest BCUT2D eigenvalue weighted by molar-refractivity contribution is -0.132. The van der Waals surface area contributed by atoms with Gasteiger partial charge in [-0.25, -0.2) is 0 Å². The average molecular weight is 444 g/mol. The van der Waals surface area contributed by atoms with Gasteiger partial charge in [0.2, 0.25) is 5.91 Å². The van der Waals surface area contributed by atoms with E-state index in [1.807, 2.05) is 66.1 Å². The van der Waals surface area contributed by atoms with E-state index in [0.717, 1.165) is 18.7 Å². The number of para-hydroxylation sites is 1. The number of rotatable bonds is 8. The van der Waals surface area contributed by atoms with Gasteiger partial charge in [-0.15, -0.1) is 0 Å². The second kappa shape index (κ2) is 11.2. The number of ether oxygens (including phenoxy) is 1. The number of carbonyl (C=O) groups is 2. The summed E-state index contributed by atoms with van der Waals surface area (Å²) < 4.78 is 5.95. The monoisotopic (exact) mass is 443 g/mol. The Bertz CT molecular complexity index is 876. The highest BCUT2D eigenvalue weighted by molar-refractivity contribution is 6.30. The van der Waals surface area contributed by atoms with Gasteiger partial charge in [-0.2, -0.15) is 0 Å². The summed E-state index contributed by atoms with van der Waals surface area (Å²) in [7, 11) is 0. The Morgan fingerprint density at radius 3 is 2.26 bits per heavy atom. The van der Waals surface area contributed by atoms with Crippen LogP contribution >= 0.6 is 11.6 Å². The lowest BCUT2D eigenvalue weighted by Gasteiger charge is -2.35. The van der Waals surface area contributed by atoms with E-state index < -0.39 is 0 Å². The third-order valence-electron chi connectivity index (χ3n) is 5.56. The van der Waals surface area contributed by atoms with E-state index in [2.05, 4.69) is 4.90 Å². The van der Waals surface area contributed by atoms with Crippen LogP contribution in [0.4, 0.5) is 0 Å². The van der Waals surface area contributed by atoms with Crippen LogP contribution in [0.1, 0.15) is 29.8 Å². The molecule has 0 spiro atoms. The molecule has 6 nitrogen and oxygen atoms in total. The Balaban J connectivity index is 1.57. The molecule has 0 N–H and O–H groups in total. The van der Waals surface area contributed by atoms with Crippen LogP contribution in [0.5, 0.6) is 5.75 Å². The fourth-order valence-electron chi connectivity index (χ4n) is 3.66. The normalized spacial score (nSPS) is 14.4. The number of likely N-dealkylation sites (N-methyl/N-ethyl adjacent to an activating group) is 1. The third-order valence-corrected chi connectivity index (χ3v) is 5.81. The molecule has 1 aliphatic rings. The van der Waals surface area contributed by atoms with Crippen molar-refractivity contribution in [2.45, 2.75) is 20.5 Å². The number of carbonyl (C=O) groups excluding carboxylic acids is 2. The summed E-state index contributed by atoms with van der Waals surface area (Å²) in [4.78, 5) is 31.3. The first kappa shape index (κ1) is 23.1. The number of nitrogens with zero attached hydrogens (tertiary/aromatic N) is 3. The Morgan fingerprint density at radius 2 is 1.61 bits per heavy atom. The highest BCUT2D eigenvalue weighted by Crippen LogP contribution is 2.22. The number of hydrogen-bond donors (Lipinski definition) is 0. The van der Waals surface area contributed by atoms with E-state index in [-0.39, 0.29) is 11.8 Å². The molecule has 1 heterocycles. The van der Waals surface area contributed by atoms with Crippen LogP contribution in [0.2, 0.25) is 5.02 Å². The topological polar surface area (TPSA) is 53.1 Å². The maximum atomic E-state index is 13.1. The van der Waals surface area contributed by atoms with E-state index in [1.54, 1.807) is 6.07 Å². The summed E-state index contributed by atoms with van der Waals surface area (Å²) in [6, 6.07) is 14.8.